The Kier molecular flexibility index (Phi) is 3.25. The highest BCUT2D eigenvalue weighted by Gasteiger charge is 2.33. The summed E-state index contributed by atoms with van der Waals surface area (Å²) in [5, 5.41) is 16.6. The molecule has 2 aromatic rings. The van der Waals surface area contributed by atoms with E-state index >= 15 is 0 Å². The largest absolute Gasteiger partial charge is 0.478 e. The maximum atomic E-state index is 12.1. The van der Waals surface area contributed by atoms with Gasteiger partial charge in [0.05, 0.1) is 5.56 Å². The van der Waals surface area contributed by atoms with Crippen LogP contribution in [0.2, 0.25) is 0 Å². The van der Waals surface area contributed by atoms with Crippen molar-refractivity contribution in [1.82, 2.24) is 14.8 Å². The topological polar surface area (TPSA) is 97.1 Å². The van der Waals surface area contributed by atoms with Crippen LogP contribution in [0.4, 0.5) is 5.95 Å². The van der Waals surface area contributed by atoms with Gasteiger partial charge in [-0.3, -0.25) is 4.79 Å². The van der Waals surface area contributed by atoms with E-state index in [1.54, 1.807) is 25.1 Å². The number of nitrogens with one attached hydrogen (secondary N) is 1. The first-order chi connectivity index (χ1) is 10.5. The summed E-state index contributed by atoms with van der Waals surface area (Å²) in [6.45, 7) is 3.23. The first kappa shape index (κ1) is 14.0. The van der Waals surface area contributed by atoms with Crippen LogP contribution in [0.3, 0.4) is 0 Å². The van der Waals surface area contributed by atoms with Crippen LogP contribution in [-0.2, 0) is 4.79 Å². The molecule has 7 heteroatoms. The smallest absolute Gasteiger partial charge is 0.336 e. The van der Waals surface area contributed by atoms with E-state index in [1.165, 1.54) is 24.0 Å². The van der Waals surface area contributed by atoms with Gasteiger partial charge in [0.25, 0.3) is 0 Å². The number of Topliss-reactive ketones (excluding diaryl/α,β-unsaturated/α-hetero) is 1. The molecule has 2 N–H and O–H groups in total. The fourth-order valence-corrected chi connectivity index (χ4v) is 2.76. The Morgan fingerprint density at radius 3 is 2.73 bits per heavy atom. The molecule has 22 heavy (non-hydrogen) atoms. The minimum absolute atomic E-state index is 0.141. The van der Waals surface area contributed by atoms with Crippen molar-refractivity contribution >= 4 is 17.7 Å². The van der Waals surface area contributed by atoms with Gasteiger partial charge in [-0.15, -0.1) is 0 Å². The minimum atomic E-state index is -1.05. The minimum Gasteiger partial charge on any atom is -0.478 e. The fourth-order valence-electron chi connectivity index (χ4n) is 2.76. The summed E-state index contributed by atoms with van der Waals surface area (Å²) in [6.07, 6.45) is 1.37. The Bertz CT molecular complexity index is 807. The van der Waals surface area contributed by atoms with E-state index in [0.29, 0.717) is 22.8 Å². The van der Waals surface area contributed by atoms with Crippen LogP contribution >= 0.6 is 0 Å². The number of aromatic carboxylic acids is 1. The summed E-state index contributed by atoms with van der Waals surface area (Å²) >= 11 is 0. The van der Waals surface area contributed by atoms with E-state index in [4.69, 9.17) is 0 Å². The molecule has 1 aromatic heterocycles. The zero-order valence-corrected chi connectivity index (χ0v) is 12.1. The first-order valence-electron chi connectivity index (χ1n) is 6.71. The van der Waals surface area contributed by atoms with Crippen molar-refractivity contribution in [2.45, 2.75) is 19.9 Å². The van der Waals surface area contributed by atoms with Crippen molar-refractivity contribution in [2.24, 2.45) is 0 Å². The van der Waals surface area contributed by atoms with Gasteiger partial charge in [-0.05, 0) is 25.5 Å². The number of rotatable bonds is 3. The molecule has 0 fully saturated rings. The SMILES string of the molecule is CC(=O)C1=C(C)Nc2ncnn2C1c1ccccc1C(=O)O. The first-order valence-corrected chi connectivity index (χ1v) is 6.71. The van der Waals surface area contributed by atoms with E-state index in [9.17, 15) is 14.7 Å². The fraction of sp³-hybridized carbons (Fsp3) is 0.200. The Morgan fingerprint density at radius 1 is 1.32 bits per heavy atom. The second-order valence-corrected chi connectivity index (χ2v) is 5.04. The number of allylic oxidation sites excluding steroid dienone is 2. The van der Waals surface area contributed by atoms with Crippen LogP contribution in [0.1, 0.15) is 35.8 Å². The standard InChI is InChI=1S/C15H14N4O3/c1-8-12(9(2)20)13(19-15(18-8)16-7-17-19)10-5-3-4-6-11(10)14(21)22/h3-7,13H,1-2H3,(H,21,22)(H,16,17,18). The number of carboxylic acid groups (broad SMARTS) is 1. The van der Waals surface area contributed by atoms with E-state index < -0.39 is 12.0 Å². The number of aromatic nitrogens is 3. The molecule has 1 aliphatic rings. The number of carbonyl (C=O) groups excluding carboxylic acids is 1. The third kappa shape index (κ3) is 2.07. The lowest BCUT2D eigenvalue weighted by atomic mass is 9.90. The molecule has 1 aliphatic heterocycles. The monoisotopic (exact) mass is 298 g/mol. The molecule has 2 heterocycles. The van der Waals surface area contributed by atoms with Gasteiger partial charge < -0.3 is 10.4 Å². The zero-order chi connectivity index (χ0) is 15.9. The Balaban J connectivity index is 2.28. The van der Waals surface area contributed by atoms with Gasteiger partial charge in [0, 0.05) is 11.3 Å². The molecule has 1 aromatic carbocycles. The summed E-state index contributed by atoms with van der Waals surface area (Å²) < 4.78 is 1.53. The third-order valence-electron chi connectivity index (χ3n) is 3.66. The van der Waals surface area contributed by atoms with Gasteiger partial charge in [-0.2, -0.15) is 10.1 Å². The highest BCUT2D eigenvalue weighted by Crippen LogP contribution is 2.36. The number of nitrogens with zero attached hydrogens (tertiary/aromatic N) is 3. The van der Waals surface area contributed by atoms with Crippen molar-refractivity contribution in [3.8, 4) is 0 Å². The van der Waals surface area contributed by atoms with E-state index in [2.05, 4.69) is 15.4 Å². The van der Waals surface area contributed by atoms with Crippen molar-refractivity contribution < 1.29 is 14.7 Å². The molecule has 1 atom stereocenters. The molecule has 3 rings (SSSR count). The quantitative estimate of drug-likeness (QED) is 0.897. The molecular formula is C15H14N4O3. The summed E-state index contributed by atoms with van der Waals surface area (Å²) in [5.74, 6) is -0.708. The normalized spacial score (nSPS) is 16.9. The van der Waals surface area contributed by atoms with Gasteiger partial charge in [0.2, 0.25) is 5.95 Å². The summed E-state index contributed by atoms with van der Waals surface area (Å²) in [5.41, 5.74) is 1.78. The number of hydrogen-bond acceptors (Lipinski definition) is 5. The molecule has 0 bridgehead atoms. The lowest BCUT2D eigenvalue weighted by molar-refractivity contribution is -0.114. The maximum absolute atomic E-state index is 12.1. The Morgan fingerprint density at radius 2 is 2.05 bits per heavy atom. The third-order valence-corrected chi connectivity index (χ3v) is 3.66. The van der Waals surface area contributed by atoms with Crippen LogP contribution in [0.5, 0.6) is 0 Å². The molecule has 7 nitrogen and oxygen atoms in total. The molecule has 0 amide bonds. The molecule has 0 spiro atoms. The predicted molar refractivity (Wildman–Crippen MR) is 78.6 cm³/mol. The van der Waals surface area contributed by atoms with Crippen LogP contribution in [-0.4, -0.2) is 31.6 Å². The lowest BCUT2D eigenvalue weighted by Gasteiger charge is -2.28. The number of carbonyl (C=O) groups is 2. The van der Waals surface area contributed by atoms with Crippen molar-refractivity contribution in [1.29, 1.82) is 0 Å². The van der Waals surface area contributed by atoms with Crippen molar-refractivity contribution in [3.63, 3.8) is 0 Å². The molecular weight excluding hydrogens is 284 g/mol. The van der Waals surface area contributed by atoms with Crippen molar-refractivity contribution in [3.05, 3.63) is 53.0 Å². The number of anilines is 1. The molecule has 112 valence electrons. The summed E-state index contributed by atoms with van der Waals surface area (Å²) in [6, 6.07) is 6.00. The number of hydrogen-bond donors (Lipinski definition) is 2. The molecule has 0 saturated heterocycles. The van der Waals surface area contributed by atoms with Gasteiger partial charge in [-0.25, -0.2) is 9.48 Å². The zero-order valence-electron chi connectivity index (χ0n) is 12.1. The maximum Gasteiger partial charge on any atom is 0.336 e. The van der Waals surface area contributed by atoms with E-state index in [0.717, 1.165) is 0 Å². The predicted octanol–water partition coefficient (Wildman–Crippen LogP) is 1.85. The Labute approximate surface area is 126 Å². The molecule has 1 unspecified atom stereocenters. The van der Waals surface area contributed by atoms with Crippen molar-refractivity contribution in [2.75, 3.05) is 5.32 Å². The van der Waals surface area contributed by atoms with Gasteiger partial charge in [0.1, 0.15) is 12.4 Å². The van der Waals surface area contributed by atoms with Gasteiger partial charge in [-0.1, -0.05) is 18.2 Å². The average molecular weight is 298 g/mol. The number of benzene rings is 1. The number of fused-ring (bicyclic) bond motifs is 1. The van der Waals surface area contributed by atoms with E-state index in [-0.39, 0.29) is 11.3 Å². The summed E-state index contributed by atoms with van der Waals surface area (Å²) in [4.78, 5) is 27.7. The van der Waals surface area contributed by atoms with E-state index in [1.807, 2.05) is 0 Å². The highest BCUT2D eigenvalue weighted by atomic mass is 16.4. The average Bonchev–Trinajstić information content (AvgIpc) is 2.93. The van der Waals surface area contributed by atoms with Crippen LogP contribution in [0.25, 0.3) is 0 Å². The Hall–Kier alpha value is -2.96. The lowest BCUT2D eigenvalue weighted by Crippen LogP contribution is -2.29. The van der Waals surface area contributed by atoms with Crippen LogP contribution < -0.4 is 5.32 Å². The summed E-state index contributed by atoms with van der Waals surface area (Å²) in [7, 11) is 0. The molecule has 0 aliphatic carbocycles. The van der Waals surface area contributed by atoms with Gasteiger partial charge >= 0.3 is 5.97 Å². The van der Waals surface area contributed by atoms with Crippen LogP contribution in [0.15, 0.2) is 41.9 Å². The second kappa shape index (κ2) is 5.10. The number of ketones is 1. The highest BCUT2D eigenvalue weighted by molar-refractivity contribution is 5.98. The molecule has 0 saturated carbocycles. The van der Waals surface area contributed by atoms with Crippen LogP contribution in [0, 0.1) is 0 Å². The molecule has 0 radical (unpaired) electrons. The number of carboxylic acids is 1. The second-order valence-electron chi connectivity index (χ2n) is 5.04. The van der Waals surface area contributed by atoms with Gasteiger partial charge in [0.15, 0.2) is 5.78 Å².